The van der Waals surface area contributed by atoms with Crippen molar-refractivity contribution >= 4 is 0 Å². The third kappa shape index (κ3) is 1.49. The van der Waals surface area contributed by atoms with E-state index in [1.165, 1.54) is 19.3 Å². The number of aryl methyl sites for hydroxylation is 1. The minimum Gasteiger partial charge on any atom is -0.318 e. The number of pyridine rings is 1. The number of nitrogens with zero attached hydrogens (tertiary/aromatic N) is 1. The maximum absolute atomic E-state index is 12.0. The monoisotopic (exact) mass is 177 g/mol. The van der Waals surface area contributed by atoms with E-state index in [9.17, 15) is 18.0 Å². The molecule has 1 rings (SSSR count). The average molecular weight is 177 g/mol. The zero-order chi connectivity index (χ0) is 9.35. The van der Waals surface area contributed by atoms with Crippen molar-refractivity contribution in [3.05, 3.63) is 34.2 Å². The highest BCUT2D eigenvalue weighted by atomic mass is 19.4. The molecule has 0 amide bonds. The van der Waals surface area contributed by atoms with Crippen LogP contribution >= 0.6 is 0 Å². The predicted molar refractivity (Wildman–Crippen MR) is 36.7 cm³/mol. The number of aromatic nitrogens is 1. The smallest absolute Gasteiger partial charge is 0.318 e. The van der Waals surface area contributed by atoms with Gasteiger partial charge in [-0.05, 0) is 12.1 Å². The molecule has 0 N–H and O–H groups in total. The molecule has 0 spiro atoms. The molecular weight excluding hydrogens is 171 g/mol. The van der Waals surface area contributed by atoms with E-state index in [0.717, 1.165) is 10.6 Å². The van der Waals surface area contributed by atoms with Crippen LogP contribution in [-0.2, 0) is 13.2 Å². The Bertz CT molecular complexity index is 339. The molecule has 0 aliphatic rings. The fourth-order valence-corrected chi connectivity index (χ4v) is 0.813. The molecule has 0 aliphatic carbocycles. The van der Waals surface area contributed by atoms with Crippen LogP contribution in [0.2, 0.25) is 0 Å². The van der Waals surface area contributed by atoms with E-state index in [2.05, 4.69) is 0 Å². The summed E-state index contributed by atoms with van der Waals surface area (Å²) in [5.41, 5.74) is -2.16. The third-order valence-corrected chi connectivity index (χ3v) is 1.43. The van der Waals surface area contributed by atoms with Crippen LogP contribution < -0.4 is 5.56 Å². The van der Waals surface area contributed by atoms with Crippen molar-refractivity contribution in [1.82, 2.24) is 4.57 Å². The molecule has 0 radical (unpaired) electrons. The van der Waals surface area contributed by atoms with E-state index in [1.54, 1.807) is 0 Å². The van der Waals surface area contributed by atoms with Gasteiger partial charge in [-0.3, -0.25) is 4.79 Å². The summed E-state index contributed by atoms with van der Waals surface area (Å²) in [4.78, 5) is 10.9. The fourth-order valence-electron chi connectivity index (χ4n) is 0.813. The van der Waals surface area contributed by atoms with Crippen LogP contribution in [0.4, 0.5) is 13.2 Å². The third-order valence-electron chi connectivity index (χ3n) is 1.43. The lowest BCUT2D eigenvalue weighted by Crippen LogP contribution is -2.25. The van der Waals surface area contributed by atoms with E-state index in [0.29, 0.717) is 0 Å². The quantitative estimate of drug-likeness (QED) is 0.587. The van der Waals surface area contributed by atoms with Gasteiger partial charge in [-0.1, -0.05) is 0 Å². The largest absolute Gasteiger partial charge is 0.421 e. The molecule has 66 valence electrons. The van der Waals surface area contributed by atoms with Crippen molar-refractivity contribution in [2.24, 2.45) is 7.05 Å². The predicted octanol–water partition coefficient (Wildman–Crippen LogP) is 1.40. The molecule has 1 aromatic rings. The van der Waals surface area contributed by atoms with E-state index in [-0.39, 0.29) is 0 Å². The summed E-state index contributed by atoms with van der Waals surface area (Å²) < 4.78 is 36.9. The highest BCUT2D eigenvalue weighted by Gasteiger charge is 2.33. The van der Waals surface area contributed by atoms with Crippen molar-refractivity contribution in [2.75, 3.05) is 0 Å². The highest BCUT2D eigenvalue weighted by molar-refractivity contribution is 5.13. The Kier molecular flexibility index (Phi) is 1.95. The average Bonchev–Trinajstić information content (AvgIpc) is 1.92. The van der Waals surface area contributed by atoms with Gasteiger partial charge in [0.05, 0.1) is 0 Å². The normalized spacial score (nSPS) is 11.7. The van der Waals surface area contributed by atoms with Gasteiger partial charge in [0.1, 0.15) is 5.56 Å². The Morgan fingerprint density at radius 2 is 2.00 bits per heavy atom. The summed E-state index contributed by atoms with van der Waals surface area (Å²) in [6, 6.07) is 1.95. The second-order valence-electron chi connectivity index (χ2n) is 2.34. The summed E-state index contributed by atoms with van der Waals surface area (Å²) in [5, 5.41) is 0. The van der Waals surface area contributed by atoms with Crippen LogP contribution in [-0.4, -0.2) is 4.57 Å². The van der Waals surface area contributed by atoms with Gasteiger partial charge in [0.15, 0.2) is 0 Å². The summed E-state index contributed by atoms with van der Waals surface area (Å²) in [5.74, 6) is 0. The van der Waals surface area contributed by atoms with E-state index in [4.69, 9.17) is 0 Å². The molecule has 0 bridgehead atoms. The maximum atomic E-state index is 12.0. The number of hydrogen-bond donors (Lipinski definition) is 0. The molecule has 0 saturated carbocycles. The first-order valence-corrected chi connectivity index (χ1v) is 3.16. The van der Waals surface area contributed by atoms with Gasteiger partial charge in [0, 0.05) is 13.2 Å². The Balaban J connectivity index is 3.37. The van der Waals surface area contributed by atoms with Gasteiger partial charge in [0.2, 0.25) is 0 Å². The first kappa shape index (κ1) is 8.83. The molecular formula is C7H6F3NO. The van der Waals surface area contributed by atoms with Crippen LogP contribution in [0.5, 0.6) is 0 Å². The summed E-state index contributed by atoms with van der Waals surface area (Å²) in [6.07, 6.45) is -3.28. The lowest BCUT2D eigenvalue weighted by Gasteiger charge is -2.05. The Morgan fingerprint density at radius 3 is 2.42 bits per heavy atom. The molecule has 0 aliphatic heterocycles. The Labute approximate surface area is 66.2 Å². The molecule has 5 heteroatoms. The van der Waals surface area contributed by atoms with Crippen molar-refractivity contribution in [1.29, 1.82) is 0 Å². The zero-order valence-corrected chi connectivity index (χ0v) is 6.22. The highest BCUT2D eigenvalue weighted by Crippen LogP contribution is 2.25. The number of alkyl halides is 3. The second-order valence-corrected chi connectivity index (χ2v) is 2.34. The van der Waals surface area contributed by atoms with Gasteiger partial charge in [-0.25, -0.2) is 0 Å². The zero-order valence-electron chi connectivity index (χ0n) is 6.22. The summed E-state index contributed by atoms with van der Waals surface area (Å²) in [6.45, 7) is 0. The minimum atomic E-state index is -4.56. The van der Waals surface area contributed by atoms with Crippen molar-refractivity contribution < 1.29 is 13.2 Å². The standard InChI is InChI=1S/C7H6F3NO/c1-11-4-2-3-5(6(11)12)7(8,9)10/h2-4H,1H3. The summed E-state index contributed by atoms with van der Waals surface area (Å²) >= 11 is 0. The van der Waals surface area contributed by atoms with E-state index >= 15 is 0 Å². The van der Waals surface area contributed by atoms with Gasteiger partial charge in [0.25, 0.3) is 5.56 Å². The van der Waals surface area contributed by atoms with Gasteiger partial charge in [-0.2, -0.15) is 13.2 Å². The first-order valence-electron chi connectivity index (χ1n) is 3.16. The number of rotatable bonds is 0. The second kappa shape index (κ2) is 2.66. The van der Waals surface area contributed by atoms with Gasteiger partial charge >= 0.3 is 6.18 Å². The molecule has 0 fully saturated rings. The van der Waals surface area contributed by atoms with Crippen molar-refractivity contribution in [2.45, 2.75) is 6.18 Å². The van der Waals surface area contributed by atoms with Gasteiger partial charge < -0.3 is 4.57 Å². The Morgan fingerprint density at radius 1 is 1.42 bits per heavy atom. The van der Waals surface area contributed by atoms with Gasteiger partial charge in [-0.15, -0.1) is 0 Å². The molecule has 0 atom stereocenters. The number of halogens is 3. The van der Waals surface area contributed by atoms with E-state index in [1.807, 2.05) is 0 Å². The van der Waals surface area contributed by atoms with Crippen LogP contribution in [0.1, 0.15) is 5.56 Å². The van der Waals surface area contributed by atoms with Crippen molar-refractivity contribution in [3.63, 3.8) is 0 Å². The Hall–Kier alpha value is -1.26. The van der Waals surface area contributed by atoms with Crippen LogP contribution in [0, 0.1) is 0 Å². The molecule has 12 heavy (non-hydrogen) atoms. The summed E-state index contributed by atoms with van der Waals surface area (Å²) in [7, 11) is 1.28. The minimum absolute atomic E-state index is 0.766. The first-order chi connectivity index (χ1) is 5.43. The lowest BCUT2D eigenvalue weighted by atomic mass is 10.3. The molecule has 0 aromatic carbocycles. The molecule has 2 nitrogen and oxygen atoms in total. The molecule has 0 saturated heterocycles. The number of hydrogen-bond acceptors (Lipinski definition) is 1. The van der Waals surface area contributed by atoms with Crippen LogP contribution in [0.15, 0.2) is 23.1 Å². The molecule has 1 aromatic heterocycles. The maximum Gasteiger partial charge on any atom is 0.421 e. The lowest BCUT2D eigenvalue weighted by molar-refractivity contribution is -0.138. The fraction of sp³-hybridized carbons (Fsp3) is 0.286. The van der Waals surface area contributed by atoms with E-state index < -0.39 is 17.3 Å². The van der Waals surface area contributed by atoms with Crippen LogP contribution in [0.3, 0.4) is 0 Å². The van der Waals surface area contributed by atoms with Crippen molar-refractivity contribution in [3.8, 4) is 0 Å². The SMILES string of the molecule is Cn1cccc(C(F)(F)F)c1=O. The molecule has 1 heterocycles. The van der Waals surface area contributed by atoms with Crippen LogP contribution in [0.25, 0.3) is 0 Å². The molecule has 0 unspecified atom stereocenters. The topological polar surface area (TPSA) is 22.0 Å².